The molecule has 0 radical (unpaired) electrons. The molecule has 0 saturated carbocycles. The summed E-state index contributed by atoms with van der Waals surface area (Å²) in [6.07, 6.45) is 0.217. The van der Waals surface area contributed by atoms with E-state index in [-0.39, 0.29) is 0 Å². The van der Waals surface area contributed by atoms with E-state index in [1.807, 2.05) is 0 Å². The second-order valence-corrected chi connectivity index (χ2v) is 2.34. The maximum atomic E-state index is 8.55. The molecule has 0 saturated heterocycles. The van der Waals surface area contributed by atoms with Crippen LogP contribution < -0.4 is 0 Å². The van der Waals surface area contributed by atoms with Crippen LogP contribution in [-0.2, 0) is 4.74 Å². The number of unbranched alkanes of at least 4 members (excludes halogenated alkanes) is 1. The fraction of sp³-hybridized carbons (Fsp3) is 1.00. The number of ether oxygens (including phenoxy) is 1. The Morgan fingerprint density at radius 3 is 2.40 bits per heavy atom. The van der Waals surface area contributed by atoms with Gasteiger partial charge in [0.25, 0.3) is 0 Å². The van der Waals surface area contributed by atoms with Gasteiger partial charge in [-0.25, -0.2) is 0 Å². The van der Waals surface area contributed by atoms with Crippen molar-refractivity contribution < 1.29 is 14.9 Å². The zero-order valence-electron chi connectivity index (χ0n) is 6.58. The smallest absolute Gasteiger partial charge is 0.178 e. The molecule has 1 atom stereocenters. The molecule has 0 aromatic heterocycles. The SMILES string of the molecule is CCCCOC(C)C(O)O. The third kappa shape index (κ3) is 4.73. The van der Waals surface area contributed by atoms with Crippen molar-refractivity contribution in [1.82, 2.24) is 0 Å². The van der Waals surface area contributed by atoms with Crippen LogP contribution in [0.2, 0.25) is 0 Å². The predicted octanol–water partition coefficient (Wildman–Crippen LogP) is 0.502. The Kier molecular flexibility index (Phi) is 5.58. The lowest BCUT2D eigenvalue weighted by Crippen LogP contribution is -2.25. The summed E-state index contributed by atoms with van der Waals surface area (Å²) < 4.78 is 5.04. The highest BCUT2D eigenvalue weighted by atomic mass is 16.5. The van der Waals surface area contributed by atoms with Crippen molar-refractivity contribution in [3.8, 4) is 0 Å². The maximum Gasteiger partial charge on any atom is 0.178 e. The number of hydrogen-bond donors (Lipinski definition) is 2. The number of hydrogen-bond acceptors (Lipinski definition) is 3. The summed E-state index contributed by atoms with van der Waals surface area (Å²) in [6, 6.07) is 0. The maximum absolute atomic E-state index is 8.55. The molecule has 0 aliphatic carbocycles. The molecule has 0 spiro atoms. The molecule has 2 N–H and O–H groups in total. The van der Waals surface area contributed by atoms with Crippen molar-refractivity contribution in [1.29, 1.82) is 0 Å². The van der Waals surface area contributed by atoms with Gasteiger partial charge in [0, 0.05) is 6.61 Å². The van der Waals surface area contributed by atoms with Crippen LogP contribution in [-0.4, -0.2) is 29.2 Å². The van der Waals surface area contributed by atoms with Crippen LogP contribution in [0.15, 0.2) is 0 Å². The first-order chi connectivity index (χ1) is 4.68. The number of rotatable bonds is 5. The van der Waals surface area contributed by atoms with Crippen LogP contribution >= 0.6 is 0 Å². The van der Waals surface area contributed by atoms with Crippen molar-refractivity contribution in [2.75, 3.05) is 6.61 Å². The Hall–Kier alpha value is -0.120. The summed E-state index contributed by atoms with van der Waals surface area (Å²) in [7, 11) is 0. The van der Waals surface area contributed by atoms with Gasteiger partial charge in [-0.1, -0.05) is 13.3 Å². The van der Waals surface area contributed by atoms with E-state index in [1.54, 1.807) is 6.92 Å². The van der Waals surface area contributed by atoms with E-state index < -0.39 is 12.4 Å². The predicted molar refractivity (Wildman–Crippen MR) is 38.5 cm³/mol. The largest absolute Gasteiger partial charge is 0.373 e. The second-order valence-electron chi connectivity index (χ2n) is 2.34. The minimum Gasteiger partial charge on any atom is -0.373 e. The second kappa shape index (κ2) is 5.65. The van der Waals surface area contributed by atoms with Crippen LogP contribution in [0.3, 0.4) is 0 Å². The molecule has 1 unspecified atom stereocenters. The Labute approximate surface area is 61.6 Å². The topological polar surface area (TPSA) is 49.7 Å². The number of aliphatic hydroxyl groups is 2. The molecule has 3 heteroatoms. The van der Waals surface area contributed by atoms with Crippen molar-refractivity contribution >= 4 is 0 Å². The summed E-state index contributed by atoms with van der Waals surface area (Å²) in [4.78, 5) is 0. The van der Waals surface area contributed by atoms with E-state index >= 15 is 0 Å². The normalized spacial score (nSPS) is 14.1. The van der Waals surface area contributed by atoms with E-state index in [9.17, 15) is 0 Å². The van der Waals surface area contributed by atoms with Crippen molar-refractivity contribution in [2.24, 2.45) is 0 Å². The quantitative estimate of drug-likeness (QED) is 0.441. The van der Waals surface area contributed by atoms with Gasteiger partial charge in [0.05, 0.1) is 0 Å². The van der Waals surface area contributed by atoms with Crippen LogP contribution in [0.4, 0.5) is 0 Å². The molecule has 0 bridgehead atoms. The Morgan fingerprint density at radius 2 is 2.00 bits per heavy atom. The Bertz CT molecular complexity index is 73.3. The average molecular weight is 148 g/mol. The molecular weight excluding hydrogens is 132 g/mol. The lowest BCUT2D eigenvalue weighted by Gasteiger charge is -2.13. The highest BCUT2D eigenvalue weighted by Gasteiger charge is 2.08. The van der Waals surface area contributed by atoms with Gasteiger partial charge in [0.2, 0.25) is 0 Å². The van der Waals surface area contributed by atoms with Crippen molar-refractivity contribution in [3.63, 3.8) is 0 Å². The summed E-state index contributed by atoms with van der Waals surface area (Å²) in [5, 5.41) is 17.1. The molecule has 0 heterocycles. The first kappa shape index (κ1) is 9.88. The van der Waals surface area contributed by atoms with Gasteiger partial charge in [-0.2, -0.15) is 0 Å². The van der Waals surface area contributed by atoms with Gasteiger partial charge in [0.1, 0.15) is 6.10 Å². The summed E-state index contributed by atoms with van der Waals surface area (Å²) in [5.41, 5.74) is 0. The molecule has 0 aliphatic rings. The molecule has 0 aliphatic heterocycles. The molecule has 3 nitrogen and oxygen atoms in total. The standard InChI is InChI=1S/C7H16O3/c1-3-4-5-10-6(2)7(8)9/h6-9H,3-5H2,1-2H3. The molecule has 0 rings (SSSR count). The minimum atomic E-state index is -1.35. The van der Waals surface area contributed by atoms with Gasteiger partial charge < -0.3 is 14.9 Å². The highest BCUT2D eigenvalue weighted by Crippen LogP contribution is 1.97. The fourth-order valence-electron chi connectivity index (χ4n) is 0.500. The van der Waals surface area contributed by atoms with E-state index in [1.165, 1.54) is 0 Å². The van der Waals surface area contributed by atoms with Gasteiger partial charge in [-0.15, -0.1) is 0 Å². The summed E-state index contributed by atoms with van der Waals surface area (Å²) >= 11 is 0. The molecule has 0 aromatic rings. The zero-order valence-corrected chi connectivity index (χ0v) is 6.58. The fourth-order valence-corrected chi connectivity index (χ4v) is 0.500. The summed E-state index contributed by atoms with van der Waals surface area (Å²) in [5.74, 6) is 0. The van der Waals surface area contributed by atoms with E-state index in [0.29, 0.717) is 6.61 Å². The van der Waals surface area contributed by atoms with E-state index in [2.05, 4.69) is 6.92 Å². The number of aliphatic hydroxyl groups excluding tert-OH is 1. The van der Waals surface area contributed by atoms with Gasteiger partial charge in [-0.05, 0) is 13.3 Å². The third-order valence-corrected chi connectivity index (χ3v) is 1.30. The van der Waals surface area contributed by atoms with Gasteiger partial charge in [0.15, 0.2) is 6.29 Å². The van der Waals surface area contributed by atoms with Crippen LogP contribution in [0.5, 0.6) is 0 Å². The van der Waals surface area contributed by atoms with Crippen molar-refractivity contribution in [3.05, 3.63) is 0 Å². The monoisotopic (exact) mass is 148 g/mol. The molecule has 62 valence electrons. The molecular formula is C7H16O3. The van der Waals surface area contributed by atoms with E-state index in [4.69, 9.17) is 14.9 Å². The highest BCUT2D eigenvalue weighted by molar-refractivity contribution is 4.49. The Balaban J connectivity index is 3.13. The van der Waals surface area contributed by atoms with Crippen LogP contribution in [0.25, 0.3) is 0 Å². The van der Waals surface area contributed by atoms with Crippen LogP contribution in [0.1, 0.15) is 26.7 Å². The zero-order chi connectivity index (χ0) is 7.98. The Morgan fingerprint density at radius 1 is 1.40 bits per heavy atom. The average Bonchev–Trinajstić information content (AvgIpc) is 1.88. The molecule has 0 amide bonds. The summed E-state index contributed by atoms with van der Waals surface area (Å²) in [6.45, 7) is 4.30. The van der Waals surface area contributed by atoms with Gasteiger partial charge in [-0.3, -0.25) is 0 Å². The first-order valence-electron chi connectivity index (χ1n) is 3.66. The third-order valence-electron chi connectivity index (χ3n) is 1.30. The molecule has 10 heavy (non-hydrogen) atoms. The lowest BCUT2D eigenvalue weighted by atomic mass is 10.3. The first-order valence-corrected chi connectivity index (χ1v) is 3.66. The van der Waals surface area contributed by atoms with E-state index in [0.717, 1.165) is 12.8 Å². The minimum absolute atomic E-state index is 0.466. The molecule has 0 fully saturated rings. The van der Waals surface area contributed by atoms with Crippen LogP contribution in [0, 0.1) is 0 Å². The van der Waals surface area contributed by atoms with Gasteiger partial charge >= 0.3 is 0 Å². The van der Waals surface area contributed by atoms with Crippen molar-refractivity contribution in [2.45, 2.75) is 39.1 Å². The molecule has 0 aromatic carbocycles. The lowest BCUT2D eigenvalue weighted by molar-refractivity contribution is -0.138.